The first kappa shape index (κ1) is 11.1. The molecule has 2 aromatic heterocycles. The molecule has 2 rings (SSSR count). The summed E-state index contributed by atoms with van der Waals surface area (Å²) in [4.78, 5) is 22.0. The highest BCUT2D eigenvalue weighted by Crippen LogP contribution is 2.16. The van der Waals surface area contributed by atoms with Gasteiger partial charge in [0.1, 0.15) is 6.54 Å². The van der Waals surface area contributed by atoms with Crippen LogP contribution in [0, 0.1) is 0 Å². The zero-order chi connectivity index (χ0) is 12.1. The van der Waals surface area contributed by atoms with Crippen LogP contribution in [-0.2, 0) is 9.53 Å². The van der Waals surface area contributed by atoms with E-state index >= 15 is 0 Å². The van der Waals surface area contributed by atoms with Crippen molar-refractivity contribution in [3.05, 3.63) is 30.9 Å². The van der Waals surface area contributed by atoms with Crippen molar-refractivity contribution in [2.45, 2.75) is 0 Å². The third-order valence-corrected chi connectivity index (χ3v) is 2.20. The van der Waals surface area contributed by atoms with Gasteiger partial charge in [0.25, 0.3) is 0 Å². The van der Waals surface area contributed by atoms with Crippen molar-refractivity contribution in [1.29, 1.82) is 0 Å². The van der Waals surface area contributed by atoms with E-state index in [1.807, 2.05) is 18.5 Å². The average Bonchev–Trinajstić information content (AvgIpc) is 2.90. The maximum Gasteiger partial charge on any atom is 0.325 e. The summed E-state index contributed by atoms with van der Waals surface area (Å²) in [5.74, 6) is 0.0398. The van der Waals surface area contributed by atoms with E-state index in [2.05, 4.69) is 25.0 Å². The highest BCUT2D eigenvalue weighted by molar-refractivity contribution is 5.74. The zero-order valence-corrected chi connectivity index (χ0v) is 9.30. The number of esters is 1. The molecular weight excluding hydrogens is 220 g/mol. The lowest BCUT2D eigenvalue weighted by molar-refractivity contribution is -0.138. The third-order valence-electron chi connectivity index (χ3n) is 2.20. The smallest absolute Gasteiger partial charge is 0.325 e. The van der Waals surface area contributed by atoms with E-state index in [0.717, 1.165) is 11.1 Å². The van der Waals surface area contributed by atoms with Gasteiger partial charge in [-0.25, -0.2) is 9.97 Å². The zero-order valence-electron chi connectivity index (χ0n) is 9.30. The quantitative estimate of drug-likeness (QED) is 0.770. The Balaban J connectivity index is 2.01. The van der Waals surface area contributed by atoms with Crippen LogP contribution in [0.1, 0.15) is 0 Å². The van der Waals surface area contributed by atoms with Gasteiger partial charge in [-0.15, -0.1) is 0 Å². The molecule has 2 N–H and O–H groups in total. The molecule has 6 heteroatoms. The molecule has 0 aromatic carbocycles. The van der Waals surface area contributed by atoms with Crippen LogP contribution in [0.15, 0.2) is 30.9 Å². The summed E-state index contributed by atoms with van der Waals surface area (Å²) in [5, 5.41) is 2.76. The molecule has 0 radical (unpaired) electrons. The van der Waals surface area contributed by atoms with Crippen molar-refractivity contribution in [3.8, 4) is 11.1 Å². The molecule has 0 bridgehead atoms. The number of nitrogens with zero attached hydrogens (tertiary/aromatic N) is 2. The number of ether oxygens (including phenoxy) is 1. The van der Waals surface area contributed by atoms with Gasteiger partial charge in [0.05, 0.1) is 7.11 Å². The van der Waals surface area contributed by atoms with E-state index in [1.165, 1.54) is 7.11 Å². The van der Waals surface area contributed by atoms with E-state index in [9.17, 15) is 4.79 Å². The molecule has 0 spiro atoms. The summed E-state index contributed by atoms with van der Waals surface area (Å²) < 4.78 is 4.49. The number of anilines is 1. The fourth-order valence-electron chi connectivity index (χ4n) is 1.30. The molecule has 0 fully saturated rings. The minimum absolute atomic E-state index is 0.0556. The summed E-state index contributed by atoms with van der Waals surface area (Å²) in [5.41, 5.74) is 1.93. The van der Waals surface area contributed by atoms with Gasteiger partial charge in [-0.2, -0.15) is 0 Å². The summed E-state index contributed by atoms with van der Waals surface area (Å²) >= 11 is 0. The van der Waals surface area contributed by atoms with Crippen LogP contribution in [-0.4, -0.2) is 34.6 Å². The Bertz CT molecular complexity index is 479. The van der Waals surface area contributed by atoms with Crippen molar-refractivity contribution in [1.82, 2.24) is 15.0 Å². The number of hydrogen-bond donors (Lipinski definition) is 2. The molecule has 0 aliphatic rings. The predicted octanol–water partition coefficient (Wildman–Crippen LogP) is 1.06. The molecular formula is C11H12N4O2. The van der Waals surface area contributed by atoms with Gasteiger partial charge in [-0.3, -0.25) is 4.79 Å². The summed E-state index contributed by atoms with van der Waals surface area (Å²) in [6, 6.07) is 1.93. The van der Waals surface area contributed by atoms with Gasteiger partial charge >= 0.3 is 5.97 Å². The largest absolute Gasteiger partial charge is 0.468 e. The second-order valence-corrected chi connectivity index (χ2v) is 3.32. The standard InChI is InChI=1S/C11H12N4O2/c1-17-10(16)7-15-11-13-5-9(6-14-11)8-2-3-12-4-8/h2-6,12H,7H2,1H3,(H,13,14,15). The molecule has 0 unspecified atom stereocenters. The van der Waals surface area contributed by atoms with Crippen molar-refractivity contribution in [3.63, 3.8) is 0 Å². The number of aromatic nitrogens is 3. The lowest BCUT2D eigenvalue weighted by Gasteiger charge is -2.03. The summed E-state index contributed by atoms with van der Waals surface area (Å²) in [6.07, 6.45) is 7.07. The molecule has 0 atom stereocenters. The summed E-state index contributed by atoms with van der Waals surface area (Å²) in [7, 11) is 1.33. The van der Waals surface area contributed by atoms with Crippen LogP contribution in [0.5, 0.6) is 0 Å². The lowest BCUT2D eigenvalue weighted by atomic mass is 10.2. The fraction of sp³-hybridized carbons (Fsp3) is 0.182. The molecule has 6 nitrogen and oxygen atoms in total. The molecule has 2 heterocycles. The van der Waals surface area contributed by atoms with Crippen LogP contribution in [0.4, 0.5) is 5.95 Å². The number of carbonyl (C=O) groups excluding carboxylic acids is 1. The SMILES string of the molecule is COC(=O)CNc1ncc(-c2cc[nH]c2)cn1. The number of aromatic amines is 1. The average molecular weight is 232 g/mol. The number of carbonyl (C=O) groups is 1. The van der Waals surface area contributed by atoms with E-state index in [4.69, 9.17) is 0 Å². The number of rotatable bonds is 4. The summed E-state index contributed by atoms with van der Waals surface area (Å²) in [6.45, 7) is 0.0556. The maximum absolute atomic E-state index is 10.9. The number of nitrogens with one attached hydrogen (secondary N) is 2. The minimum atomic E-state index is -0.358. The molecule has 17 heavy (non-hydrogen) atoms. The Kier molecular flexibility index (Phi) is 3.34. The van der Waals surface area contributed by atoms with Crippen LogP contribution in [0.2, 0.25) is 0 Å². The topological polar surface area (TPSA) is 79.9 Å². The van der Waals surface area contributed by atoms with Crippen molar-refractivity contribution < 1.29 is 9.53 Å². The molecule has 0 aliphatic heterocycles. The molecule has 0 saturated carbocycles. The van der Waals surface area contributed by atoms with Crippen LogP contribution in [0.25, 0.3) is 11.1 Å². The fourth-order valence-corrected chi connectivity index (χ4v) is 1.30. The van der Waals surface area contributed by atoms with Gasteiger partial charge in [-0.05, 0) is 6.07 Å². The molecule has 88 valence electrons. The molecule has 0 amide bonds. The van der Waals surface area contributed by atoms with Crippen molar-refractivity contribution in [2.75, 3.05) is 19.0 Å². The van der Waals surface area contributed by atoms with E-state index in [0.29, 0.717) is 5.95 Å². The second-order valence-electron chi connectivity index (χ2n) is 3.32. The monoisotopic (exact) mass is 232 g/mol. The minimum Gasteiger partial charge on any atom is -0.468 e. The van der Waals surface area contributed by atoms with E-state index in [1.54, 1.807) is 12.4 Å². The first-order chi connectivity index (χ1) is 8.29. The highest BCUT2D eigenvalue weighted by atomic mass is 16.5. The van der Waals surface area contributed by atoms with Gasteiger partial charge < -0.3 is 15.0 Å². The first-order valence-electron chi connectivity index (χ1n) is 5.05. The van der Waals surface area contributed by atoms with Gasteiger partial charge in [-0.1, -0.05) is 0 Å². The number of hydrogen-bond acceptors (Lipinski definition) is 5. The van der Waals surface area contributed by atoms with E-state index in [-0.39, 0.29) is 12.5 Å². The Morgan fingerprint density at radius 1 is 1.41 bits per heavy atom. The first-order valence-corrected chi connectivity index (χ1v) is 5.05. The Hall–Kier alpha value is -2.37. The Morgan fingerprint density at radius 2 is 2.18 bits per heavy atom. The number of methoxy groups -OCH3 is 1. The van der Waals surface area contributed by atoms with Gasteiger partial charge in [0.15, 0.2) is 0 Å². The lowest BCUT2D eigenvalue weighted by Crippen LogP contribution is -2.16. The van der Waals surface area contributed by atoms with Gasteiger partial charge in [0, 0.05) is 35.9 Å². The van der Waals surface area contributed by atoms with Crippen LogP contribution < -0.4 is 5.32 Å². The number of H-pyrrole nitrogens is 1. The van der Waals surface area contributed by atoms with Crippen molar-refractivity contribution in [2.24, 2.45) is 0 Å². The molecule has 2 aromatic rings. The normalized spacial score (nSPS) is 9.94. The van der Waals surface area contributed by atoms with Crippen LogP contribution in [0.3, 0.4) is 0 Å². The Morgan fingerprint density at radius 3 is 2.76 bits per heavy atom. The van der Waals surface area contributed by atoms with E-state index < -0.39 is 0 Å². The van der Waals surface area contributed by atoms with Crippen LogP contribution >= 0.6 is 0 Å². The predicted molar refractivity (Wildman–Crippen MR) is 62.3 cm³/mol. The van der Waals surface area contributed by atoms with Gasteiger partial charge in [0.2, 0.25) is 5.95 Å². The molecule has 0 aliphatic carbocycles. The van der Waals surface area contributed by atoms with Crippen molar-refractivity contribution >= 4 is 11.9 Å². The highest BCUT2D eigenvalue weighted by Gasteiger charge is 2.03. The second kappa shape index (κ2) is 5.11. The maximum atomic E-state index is 10.9. The molecule has 0 saturated heterocycles. The third kappa shape index (κ3) is 2.81. The Labute approximate surface area is 98.1 Å².